The van der Waals surface area contributed by atoms with Crippen molar-refractivity contribution in [3.05, 3.63) is 42.0 Å². The van der Waals surface area contributed by atoms with Crippen molar-refractivity contribution in [1.29, 1.82) is 0 Å². The van der Waals surface area contributed by atoms with Crippen LogP contribution in [0.1, 0.15) is 17.8 Å². The minimum Gasteiger partial charge on any atom is -0.493 e. The van der Waals surface area contributed by atoms with Crippen LogP contribution in [0.4, 0.5) is 0 Å². The van der Waals surface area contributed by atoms with E-state index < -0.39 is 6.04 Å². The number of ether oxygens (including phenoxy) is 2. The second kappa shape index (κ2) is 9.23. The molecule has 0 spiro atoms. The van der Waals surface area contributed by atoms with E-state index in [1.165, 1.54) is 0 Å². The first-order valence-electron chi connectivity index (χ1n) is 9.09. The summed E-state index contributed by atoms with van der Waals surface area (Å²) in [7, 11) is 3.17. The number of aromatic nitrogens is 2. The normalized spacial score (nSPS) is 17.1. The number of hydrogen-bond acceptors (Lipinski definition) is 6. The molecule has 1 aliphatic heterocycles. The Morgan fingerprint density at radius 3 is 2.93 bits per heavy atom. The van der Waals surface area contributed by atoms with Gasteiger partial charge in [0.25, 0.3) is 0 Å². The molecule has 28 heavy (non-hydrogen) atoms. The summed E-state index contributed by atoms with van der Waals surface area (Å²) in [6.07, 6.45) is 3.39. The molecule has 0 saturated carbocycles. The summed E-state index contributed by atoms with van der Waals surface area (Å²) in [5, 5.41) is 5.63. The number of aromatic amines is 1. The maximum atomic E-state index is 12.4. The quantitative estimate of drug-likeness (QED) is 0.606. The van der Waals surface area contributed by atoms with E-state index in [2.05, 4.69) is 20.6 Å². The van der Waals surface area contributed by atoms with Crippen molar-refractivity contribution in [3.63, 3.8) is 0 Å². The summed E-state index contributed by atoms with van der Waals surface area (Å²) < 4.78 is 10.8. The highest BCUT2D eigenvalue weighted by Crippen LogP contribution is 2.32. The van der Waals surface area contributed by atoms with E-state index in [0.29, 0.717) is 43.5 Å². The Balaban J connectivity index is 1.68. The Bertz CT molecular complexity index is 809. The van der Waals surface area contributed by atoms with Gasteiger partial charge in [-0.1, -0.05) is 12.1 Å². The third kappa shape index (κ3) is 4.61. The van der Waals surface area contributed by atoms with Gasteiger partial charge >= 0.3 is 0 Å². The lowest BCUT2D eigenvalue weighted by Gasteiger charge is -2.35. The van der Waals surface area contributed by atoms with Gasteiger partial charge in [0.1, 0.15) is 5.82 Å². The van der Waals surface area contributed by atoms with E-state index in [4.69, 9.17) is 9.47 Å². The standard InChI is InChI=1S/C19H25N5O4/c1-27-15-5-3-4-13(18(15)28-2)12-24-9-8-22-19(26)14(24)10-17(25)23-11-16-20-6-7-21-16/h3-7,14H,8-12H2,1-2H3,(H,20,21)(H,22,26)(H,23,25). The molecule has 3 N–H and O–H groups in total. The summed E-state index contributed by atoms with van der Waals surface area (Å²) in [5.74, 6) is 1.58. The van der Waals surface area contributed by atoms with Gasteiger partial charge in [0, 0.05) is 37.6 Å². The molecule has 1 aromatic carbocycles. The number of carbonyl (C=O) groups excluding carboxylic acids is 2. The van der Waals surface area contributed by atoms with Crippen LogP contribution in [-0.2, 0) is 22.7 Å². The summed E-state index contributed by atoms with van der Waals surface area (Å²) in [6, 6.07) is 5.08. The molecule has 1 atom stereocenters. The van der Waals surface area contributed by atoms with E-state index >= 15 is 0 Å². The number of rotatable bonds is 8. The Morgan fingerprint density at radius 1 is 1.36 bits per heavy atom. The van der Waals surface area contributed by atoms with Crippen LogP contribution >= 0.6 is 0 Å². The smallest absolute Gasteiger partial charge is 0.237 e. The van der Waals surface area contributed by atoms with Gasteiger partial charge in [0.15, 0.2) is 11.5 Å². The molecule has 9 nitrogen and oxygen atoms in total. The molecule has 0 bridgehead atoms. The molecular weight excluding hydrogens is 362 g/mol. The second-order valence-electron chi connectivity index (χ2n) is 6.45. The van der Waals surface area contributed by atoms with Crippen LogP contribution in [0.5, 0.6) is 11.5 Å². The highest BCUT2D eigenvalue weighted by atomic mass is 16.5. The predicted molar refractivity (Wildman–Crippen MR) is 102 cm³/mol. The topological polar surface area (TPSA) is 109 Å². The Morgan fingerprint density at radius 2 is 2.21 bits per heavy atom. The fourth-order valence-corrected chi connectivity index (χ4v) is 3.29. The minimum absolute atomic E-state index is 0.0683. The number of hydrogen-bond donors (Lipinski definition) is 3. The first-order chi connectivity index (χ1) is 13.6. The molecule has 1 fully saturated rings. The summed E-state index contributed by atoms with van der Waals surface area (Å²) >= 11 is 0. The second-order valence-corrected chi connectivity index (χ2v) is 6.45. The van der Waals surface area contributed by atoms with Crippen LogP contribution in [0.15, 0.2) is 30.6 Å². The largest absolute Gasteiger partial charge is 0.493 e. The first kappa shape index (κ1) is 19.7. The number of piperazine rings is 1. The summed E-state index contributed by atoms with van der Waals surface area (Å²) in [6.45, 7) is 1.95. The molecule has 0 aliphatic carbocycles. The molecule has 2 aromatic rings. The number of nitrogens with zero attached hydrogens (tertiary/aromatic N) is 2. The van der Waals surface area contributed by atoms with Gasteiger partial charge in [0.05, 0.1) is 33.2 Å². The molecule has 2 heterocycles. The lowest BCUT2D eigenvalue weighted by molar-refractivity contribution is -0.134. The maximum Gasteiger partial charge on any atom is 0.237 e. The van der Waals surface area contributed by atoms with Crippen molar-refractivity contribution in [3.8, 4) is 11.5 Å². The SMILES string of the molecule is COc1cccc(CN2CCNC(=O)C2CC(=O)NCc2ncc[nH]2)c1OC. The fraction of sp³-hybridized carbons (Fsp3) is 0.421. The lowest BCUT2D eigenvalue weighted by atomic mass is 10.1. The van der Waals surface area contributed by atoms with Gasteiger partial charge in [0.2, 0.25) is 11.8 Å². The van der Waals surface area contributed by atoms with Crippen LogP contribution in [0.2, 0.25) is 0 Å². The third-order valence-electron chi connectivity index (χ3n) is 4.69. The van der Waals surface area contributed by atoms with Gasteiger partial charge in [-0.25, -0.2) is 4.98 Å². The van der Waals surface area contributed by atoms with Gasteiger partial charge in [-0.05, 0) is 6.07 Å². The molecule has 1 aromatic heterocycles. The zero-order valence-electron chi connectivity index (χ0n) is 16.0. The number of H-pyrrole nitrogens is 1. The van der Waals surface area contributed by atoms with Crippen LogP contribution in [0.3, 0.4) is 0 Å². The lowest BCUT2D eigenvalue weighted by Crippen LogP contribution is -2.56. The molecule has 3 rings (SSSR count). The maximum absolute atomic E-state index is 12.4. The zero-order valence-corrected chi connectivity index (χ0v) is 16.0. The number of benzene rings is 1. The highest BCUT2D eigenvalue weighted by Gasteiger charge is 2.32. The number of amides is 2. The average Bonchev–Trinajstić information content (AvgIpc) is 3.22. The van der Waals surface area contributed by atoms with Crippen molar-refractivity contribution < 1.29 is 19.1 Å². The molecule has 1 aliphatic rings. The van der Waals surface area contributed by atoms with E-state index in [1.54, 1.807) is 26.6 Å². The molecule has 2 amide bonds. The monoisotopic (exact) mass is 387 g/mol. The third-order valence-corrected chi connectivity index (χ3v) is 4.69. The van der Waals surface area contributed by atoms with Gasteiger partial charge in [-0.3, -0.25) is 14.5 Å². The van der Waals surface area contributed by atoms with Crippen LogP contribution < -0.4 is 20.1 Å². The van der Waals surface area contributed by atoms with Crippen molar-refractivity contribution in [2.45, 2.75) is 25.6 Å². The van der Waals surface area contributed by atoms with Crippen LogP contribution in [0.25, 0.3) is 0 Å². The predicted octanol–water partition coefficient (Wildman–Crippen LogP) is 0.434. The average molecular weight is 387 g/mol. The van der Waals surface area contributed by atoms with Gasteiger partial charge < -0.3 is 25.1 Å². The first-order valence-corrected chi connectivity index (χ1v) is 9.09. The molecule has 0 radical (unpaired) electrons. The van der Waals surface area contributed by atoms with Crippen molar-refractivity contribution >= 4 is 11.8 Å². The molecule has 150 valence electrons. The van der Waals surface area contributed by atoms with Gasteiger partial charge in [-0.2, -0.15) is 0 Å². The summed E-state index contributed by atoms with van der Waals surface area (Å²) in [5.41, 5.74) is 0.901. The molecule has 1 unspecified atom stereocenters. The molecule has 1 saturated heterocycles. The fourth-order valence-electron chi connectivity index (χ4n) is 3.29. The van der Waals surface area contributed by atoms with Crippen LogP contribution in [-0.4, -0.2) is 60.0 Å². The number of methoxy groups -OCH3 is 2. The highest BCUT2D eigenvalue weighted by molar-refractivity contribution is 5.88. The van der Waals surface area contributed by atoms with E-state index in [-0.39, 0.29) is 18.2 Å². The van der Waals surface area contributed by atoms with Crippen molar-refractivity contribution in [2.24, 2.45) is 0 Å². The van der Waals surface area contributed by atoms with E-state index in [1.807, 2.05) is 23.1 Å². The zero-order chi connectivity index (χ0) is 19.9. The number of para-hydroxylation sites is 1. The molecule has 9 heteroatoms. The minimum atomic E-state index is -0.554. The number of carbonyl (C=O) groups is 2. The Kier molecular flexibility index (Phi) is 6.49. The number of imidazole rings is 1. The Labute approximate surface area is 163 Å². The van der Waals surface area contributed by atoms with E-state index in [9.17, 15) is 9.59 Å². The van der Waals surface area contributed by atoms with Crippen molar-refractivity contribution in [2.75, 3.05) is 27.3 Å². The molecular formula is C19H25N5O4. The summed E-state index contributed by atoms with van der Waals surface area (Å²) in [4.78, 5) is 33.8. The van der Waals surface area contributed by atoms with Crippen LogP contribution in [0, 0.1) is 0 Å². The number of nitrogens with one attached hydrogen (secondary N) is 3. The van der Waals surface area contributed by atoms with E-state index in [0.717, 1.165) is 5.56 Å². The van der Waals surface area contributed by atoms with Gasteiger partial charge in [-0.15, -0.1) is 0 Å². The van der Waals surface area contributed by atoms with Crippen molar-refractivity contribution in [1.82, 2.24) is 25.5 Å². The Hall–Kier alpha value is -3.07.